The average molecular weight is 488 g/mol. The Kier molecular flexibility index (Phi) is 7.46. The molecule has 0 fully saturated rings. The zero-order chi connectivity index (χ0) is 24.9. The molecular formula is C28H29N3O3S. The van der Waals surface area contributed by atoms with Crippen molar-refractivity contribution in [3.05, 3.63) is 77.4 Å². The molecule has 35 heavy (non-hydrogen) atoms. The Hall–Kier alpha value is -3.71. The van der Waals surface area contributed by atoms with Crippen molar-refractivity contribution in [3.8, 4) is 17.2 Å². The lowest BCUT2D eigenvalue weighted by Crippen LogP contribution is -2.37. The standard InChI is InChI=1S/C28H29N3O3S/c1-5-19(4)21-8-11-25-24(15-21)30-27(34-25)20-6-9-22(10-7-20)29-28(35)31-26(32)16-33-23-13-17(2)12-18(3)14-23/h6-15,19H,5,16H2,1-4H3,(H2,29,31,32,35). The number of ether oxygens (including phenoxy) is 1. The van der Waals surface area contributed by atoms with Gasteiger partial charge < -0.3 is 14.5 Å². The summed E-state index contributed by atoms with van der Waals surface area (Å²) < 4.78 is 11.5. The number of rotatable bonds is 7. The van der Waals surface area contributed by atoms with Crippen molar-refractivity contribution in [2.45, 2.75) is 40.0 Å². The molecule has 180 valence electrons. The van der Waals surface area contributed by atoms with Crippen LogP contribution in [0.5, 0.6) is 5.75 Å². The number of nitrogens with zero attached hydrogens (tertiary/aromatic N) is 1. The third kappa shape index (κ3) is 6.25. The maximum atomic E-state index is 12.2. The summed E-state index contributed by atoms with van der Waals surface area (Å²) in [6.07, 6.45) is 1.08. The van der Waals surface area contributed by atoms with Crippen molar-refractivity contribution >= 4 is 40.0 Å². The van der Waals surface area contributed by atoms with Gasteiger partial charge in [-0.25, -0.2) is 4.98 Å². The van der Waals surface area contributed by atoms with Crippen LogP contribution in [0.2, 0.25) is 0 Å². The van der Waals surface area contributed by atoms with Gasteiger partial charge in [0, 0.05) is 11.3 Å². The third-order valence-electron chi connectivity index (χ3n) is 5.80. The summed E-state index contributed by atoms with van der Waals surface area (Å²) in [7, 11) is 0. The van der Waals surface area contributed by atoms with Crippen LogP contribution in [0.15, 0.2) is 65.1 Å². The minimum Gasteiger partial charge on any atom is -0.484 e. The molecule has 0 saturated carbocycles. The van der Waals surface area contributed by atoms with E-state index in [1.54, 1.807) is 0 Å². The van der Waals surface area contributed by atoms with Crippen molar-refractivity contribution < 1.29 is 13.9 Å². The number of oxazole rings is 1. The number of aromatic nitrogens is 1. The van der Waals surface area contributed by atoms with Crippen molar-refractivity contribution in [2.75, 3.05) is 11.9 Å². The molecule has 2 N–H and O–H groups in total. The molecule has 6 nitrogen and oxygen atoms in total. The summed E-state index contributed by atoms with van der Waals surface area (Å²) in [5, 5.41) is 5.85. The SMILES string of the molecule is CCC(C)c1ccc2oc(-c3ccc(NC(=S)NC(=O)COc4cc(C)cc(C)c4)cc3)nc2c1. The highest BCUT2D eigenvalue weighted by Gasteiger charge is 2.12. The van der Waals surface area contributed by atoms with Crippen molar-refractivity contribution in [1.82, 2.24) is 10.3 Å². The Bertz CT molecular complexity index is 1340. The number of hydrogen-bond acceptors (Lipinski definition) is 5. The van der Waals surface area contributed by atoms with Crippen LogP contribution in [0.1, 0.15) is 42.9 Å². The number of benzene rings is 3. The van der Waals surface area contributed by atoms with E-state index in [2.05, 4.69) is 41.6 Å². The number of hydrogen-bond donors (Lipinski definition) is 2. The number of thiocarbonyl (C=S) groups is 1. The molecule has 0 aliphatic heterocycles. The van der Waals surface area contributed by atoms with E-state index in [1.165, 1.54) is 5.56 Å². The number of carbonyl (C=O) groups is 1. The number of anilines is 1. The predicted molar refractivity (Wildman–Crippen MR) is 144 cm³/mol. The number of carbonyl (C=O) groups excluding carboxylic acids is 1. The molecule has 4 aromatic rings. The van der Waals surface area contributed by atoms with Crippen LogP contribution in [-0.2, 0) is 4.79 Å². The normalized spacial score (nSPS) is 11.8. The van der Waals surface area contributed by atoms with E-state index in [9.17, 15) is 4.79 Å². The van der Waals surface area contributed by atoms with E-state index in [0.29, 0.717) is 17.6 Å². The summed E-state index contributed by atoms with van der Waals surface area (Å²) in [5.74, 6) is 1.36. The van der Waals surface area contributed by atoms with Gasteiger partial charge in [0.15, 0.2) is 17.3 Å². The van der Waals surface area contributed by atoms with Gasteiger partial charge in [0.1, 0.15) is 11.3 Å². The molecule has 0 bridgehead atoms. The van der Waals surface area contributed by atoms with E-state index in [-0.39, 0.29) is 17.6 Å². The van der Waals surface area contributed by atoms with Gasteiger partial charge in [-0.2, -0.15) is 0 Å². The number of aryl methyl sites for hydroxylation is 2. The molecule has 1 unspecified atom stereocenters. The number of fused-ring (bicyclic) bond motifs is 1. The minimum absolute atomic E-state index is 0.125. The van der Waals surface area contributed by atoms with E-state index >= 15 is 0 Å². The Morgan fingerprint density at radius 2 is 1.77 bits per heavy atom. The summed E-state index contributed by atoms with van der Waals surface area (Å²) in [6.45, 7) is 8.23. The van der Waals surface area contributed by atoms with Crippen LogP contribution >= 0.6 is 12.2 Å². The van der Waals surface area contributed by atoms with E-state index < -0.39 is 0 Å². The Labute approximate surface area is 210 Å². The van der Waals surface area contributed by atoms with E-state index in [1.807, 2.05) is 62.4 Å². The van der Waals surface area contributed by atoms with Crippen LogP contribution in [0, 0.1) is 13.8 Å². The molecule has 7 heteroatoms. The summed E-state index contributed by atoms with van der Waals surface area (Å²) in [5.41, 5.74) is 6.63. The van der Waals surface area contributed by atoms with Crippen molar-refractivity contribution in [3.63, 3.8) is 0 Å². The molecule has 0 aliphatic rings. The first-order chi connectivity index (χ1) is 16.8. The van der Waals surface area contributed by atoms with Gasteiger partial charge >= 0.3 is 0 Å². The molecule has 4 rings (SSSR count). The van der Waals surface area contributed by atoms with Gasteiger partial charge in [0.2, 0.25) is 5.89 Å². The first kappa shape index (κ1) is 24.4. The predicted octanol–water partition coefficient (Wildman–Crippen LogP) is 6.52. The third-order valence-corrected chi connectivity index (χ3v) is 6.00. The van der Waals surface area contributed by atoms with Gasteiger partial charge in [-0.1, -0.05) is 26.0 Å². The number of amides is 1. The molecule has 1 atom stereocenters. The fourth-order valence-electron chi connectivity index (χ4n) is 3.80. The zero-order valence-corrected chi connectivity index (χ0v) is 21.2. The molecule has 0 spiro atoms. The Balaban J connectivity index is 1.33. The zero-order valence-electron chi connectivity index (χ0n) is 20.3. The molecule has 1 aromatic heterocycles. The van der Waals surface area contributed by atoms with Gasteiger partial charge in [0.25, 0.3) is 5.91 Å². The first-order valence-corrected chi connectivity index (χ1v) is 12.0. The van der Waals surface area contributed by atoms with Crippen LogP contribution in [0.4, 0.5) is 5.69 Å². The molecule has 3 aromatic carbocycles. The highest BCUT2D eigenvalue weighted by Crippen LogP contribution is 2.28. The monoisotopic (exact) mass is 487 g/mol. The molecule has 0 saturated heterocycles. The average Bonchev–Trinajstić information content (AvgIpc) is 3.25. The lowest BCUT2D eigenvalue weighted by molar-refractivity contribution is -0.121. The first-order valence-electron chi connectivity index (χ1n) is 11.6. The van der Waals surface area contributed by atoms with Gasteiger partial charge in [-0.3, -0.25) is 10.1 Å². The molecule has 1 amide bonds. The largest absolute Gasteiger partial charge is 0.484 e. The van der Waals surface area contributed by atoms with Crippen LogP contribution in [-0.4, -0.2) is 22.6 Å². The van der Waals surface area contributed by atoms with E-state index in [4.69, 9.17) is 21.4 Å². The maximum Gasteiger partial charge on any atom is 0.264 e. The summed E-state index contributed by atoms with van der Waals surface area (Å²) >= 11 is 5.27. The quantitative estimate of drug-likeness (QED) is 0.289. The van der Waals surface area contributed by atoms with Crippen LogP contribution < -0.4 is 15.4 Å². The lowest BCUT2D eigenvalue weighted by atomic mass is 9.98. The Morgan fingerprint density at radius 1 is 1.06 bits per heavy atom. The molecular weight excluding hydrogens is 458 g/mol. The second-order valence-electron chi connectivity index (χ2n) is 8.75. The fourth-order valence-corrected chi connectivity index (χ4v) is 4.03. The second kappa shape index (κ2) is 10.7. The van der Waals surface area contributed by atoms with Gasteiger partial charge in [-0.05, 0) is 104 Å². The van der Waals surface area contributed by atoms with E-state index in [0.717, 1.165) is 39.9 Å². The molecule has 0 radical (unpaired) electrons. The highest BCUT2D eigenvalue weighted by molar-refractivity contribution is 7.80. The lowest BCUT2D eigenvalue weighted by Gasteiger charge is -2.11. The smallest absolute Gasteiger partial charge is 0.264 e. The molecule has 0 aliphatic carbocycles. The molecule has 1 heterocycles. The summed E-state index contributed by atoms with van der Waals surface area (Å²) in [6, 6.07) is 19.5. The van der Waals surface area contributed by atoms with Crippen LogP contribution in [0.3, 0.4) is 0 Å². The second-order valence-corrected chi connectivity index (χ2v) is 9.16. The van der Waals surface area contributed by atoms with Gasteiger partial charge in [-0.15, -0.1) is 0 Å². The summed E-state index contributed by atoms with van der Waals surface area (Å²) in [4.78, 5) is 16.9. The van der Waals surface area contributed by atoms with Crippen molar-refractivity contribution in [2.24, 2.45) is 0 Å². The fraction of sp³-hybridized carbons (Fsp3) is 0.250. The topological polar surface area (TPSA) is 76.4 Å². The highest BCUT2D eigenvalue weighted by atomic mass is 32.1. The van der Waals surface area contributed by atoms with Gasteiger partial charge in [0.05, 0.1) is 0 Å². The number of nitrogens with one attached hydrogen (secondary N) is 2. The maximum absolute atomic E-state index is 12.2. The van der Waals surface area contributed by atoms with Crippen LogP contribution in [0.25, 0.3) is 22.6 Å². The van der Waals surface area contributed by atoms with Crippen molar-refractivity contribution in [1.29, 1.82) is 0 Å². The Morgan fingerprint density at radius 3 is 2.46 bits per heavy atom. The minimum atomic E-state index is -0.332.